The number of rotatable bonds is 5. The van der Waals surface area contributed by atoms with Crippen LogP contribution in [-0.4, -0.2) is 11.5 Å². The van der Waals surface area contributed by atoms with Crippen molar-refractivity contribution in [2.45, 2.75) is 20.0 Å². The van der Waals surface area contributed by atoms with Crippen LogP contribution in [0.2, 0.25) is 0 Å². The number of benzene rings is 1. The molecule has 0 fully saturated rings. The lowest BCUT2D eigenvalue weighted by Crippen LogP contribution is -2.24. The Morgan fingerprint density at radius 1 is 1.26 bits per heavy atom. The summed E-state index contributed by atoms with van der Waals surface area (Å²) in [6.45, 7) is 4.40. The Labute approximate surface area is 122 Å². The van der Waals surface area contributed by atoms with Crippen molar-refractivity contribution in [2.24, 2.45) is 5.73 Å². The normalized spacial score (nSPS) is 10.5. The summed E-state index contributed by atoms with van der Waals surface area (Å²) < 4.78 is 1.06. The van der Waals surface area contributed by atoms with Crippen LogP contribution in [0.5, 0.6) is 0 Å². The monoisotopic (exact) mass is 319 g/mol. The van der Waals surface area contributed by atoms with Gasteiger partial charge in [-0.15, -0.1) is 0 Å². The molecule has 4 heteroatoms. The van der Waals surface area contributed by atoms with Gasteiger partial charge < -0.3 is 10.6 Å². The number of anilines is 1. The molecule has 100 valence electrons. The van der Waals surface area contributed by atoms with E-state index < -0.39 is 0 Å². The molecule has 2 rings (SSSR count). The molecule has 1 aromatic carbocycles. The molecule has 1 heterocycles. The molecule has 0 radical (unpaired) electrons. The highest BCUT2D eigenvalue weighted by Crippen LogP contribution is 2.25. The van der Waals surface area contributed by atoms with Crippen LogP contribution >= 0.6 is 15.9 Å². The first-order chi connectivity index (χ1) is 9.24. The zero-order valence-electron chi connectivity index (χ0n) is 11.0. The molecule has 2 N–H and O–H groups in total. The van der Waals surface area contributed by atoms with Crippen molar-refractivity contribution in [3.05, 3.63) is 58.3 Å². The number of aromatic nitrogens is 1. The lowest BCUT2D eigenvalue weighted by Gasteiger charge is -2.25. The van der Waals surface area contributed by atoms with Crippen molar-refractivity contribution in [1.82, 2.24) is 4.98 Å². The van der Waals surface area contributed by atoms with Gasteiger partial charge in [-0.1, -0.05) is 22.0 Å². The highest BCUT2D eigenvalue weighted by molar-refractivity contribution is 9.10. The second-order valence-corrected chi connectivity index (χ2v) is 5.23. The summed E-state index contributed by atoms with van der Waals surface area (Å²) >= 11 is 3.49. The summed E-state index contributed by atoms with van der Waals surface area (Å²) in [7, 11) is 0. The lowest BCUT2D eigenvalue weighted by molar-refractivity contribution is 0.801. The predicted octanol–water partition coefficient (Wildman–Crippen LogP) is 3.33. The molecule has 0 saturated heterocycles. The molecule has 0 atom stereocenters. The SMILES string of the molecule is CCN(Cc1ccccn1)c1ccc(Br)cc1CN. The number of hydrogen-bond acceptors (Lipinski definition) is 3. The zero-order valence-corrected chi connectivity index (χ0v) is 12.6. The van der Waals surface area contributed by atoms with Gasteiger partial charge in [-0.2, -0.15) is 0 Å². The first kappa shape index (κ1) is 14.0. The Balaban J connectivity index is 2.27. The van der Waals surface area contributed by atoms with Gasteiger partial charge in [0.2, 0.25) is 0 Å². The maximum Gasteiger partial charge on any atom is 0.0602 e. The van der Waals surface area contributed by atoms with Gasteiger partial charge in [-0.25, -0.2) is 0 Å². The molecule has 0 unspecified atom stereocenters. The third-order valence-corrected chi connectivity index (χ3v) is 3.56. The summed E-state index contributed by atoms with van der Waals surface area (Å²) in [4.78, 5) is 6.67. The van der Waals surface area contributed by atoms with Crippen LogP contribution in [0.4, 0.5) is 5.69 Å². The molecule has 0 spiro atoms. The Kier molecular flexibility index (Phi) is 4.93. The number of hydrogen-bond donors (Lipinski definition) is 1. The van der Waals surface area contributed by atoms with Gasteiger partial charge in [0.25, 0.3) is 0 Å². The molecule has 0 bridgehead atoms. The summed E-state index contributed by atoms with van der Waals surface area (Å²) in [5, 5.41) is 0. The number of nitrogens with zero attached hydrogens (tertiary/aromatic N) is 2. The van der Waals surface area contributed by atoms with Gasteiger partial charge in [0.05, 0.1) is 12.2 Å². The van der Waals surface area contributed by atoms with Gasteiger partial charge in [-0.3, -0.25) is 4.98 Å². The maximum atomic E-state index is 5.84. The summed E-state index contributed by atoms with van der Waals surface area (Å²) in [5.74, 6) is 0. The first-order valence-electron chi connectivity index (χ1n) is 6.38. The molecule has 1 aromatic heterocycles. The summed E-state index contributed by atoms with van der Waals surface area (Å²) in [6.07, 6.45) is 1.83. The summed E-state index contributed by atoms with van der Waals surface area (Å²) in [5.41, 5.74) is 9.23. The molecule has 0 amide bonds. The smallest absolute Gasteiger partial charge is 0.0602 e. The average Bonchev–Trinajstić information content (AvgIpc) is 2.46. The van der Waals surface area contributed by atoms with Crippen molar-refractivity contribution >= 4 is 21.6 Å². The minimum Gasteiger partial charge on any atom is -0.366 e. The fraction of sp³-hybridized carbons (Fsp3) is 0.267. The van der Waals surface area contributed by atoms with Crippen molar-refractivity contribution in [3.63, 3.8) is 0 Å². The summed E-state index contributed by atoms with van der Waals surface area (Å²) in [6, 6.07) is 12.2. The lowest BCUT2D eigenvalue weighted by atomic mass is 10.1. The van der Waals surface area contributed by atoms with Crippen LogP contribution in [0.3, 0.4) is 0 Å². The van der Waals surface area contributed by atoms with Crippen LogP contribution in [0.15, 0.2) is 47.1 Å². The van der Waals surface area contributed by atoms with E-state index in [0.717, 1.165) is 28.8 Å². The highest BCUT2D eigenvalue weighted by atomic mass is 79.9. The fourth-order valence-corrected chi connectivity index (χ4v) is 2.49. The van der Waals surface area contributed by atoms with Crippen molar-refractivity contribution in [2.75, 3.05) is 11.4 Å². The van der Waals surface area contributed by atoms with E-state index in [2.05, 4.69) is 50.9 Å². The molecule has 2 aromatic rings. The fourth-order valence-electron chi connectivity index (χ4n) is 2.08. The molecule has 0 saturated carbocycles. The number of pyridine rings is 1. The third kappa shape index (κ3) is 3.55. The van der Waals surface area contributed by atoms with Crippen LogP contribution in [0.1, 0.15) is 18.2 Å². The third-order valence-electron chi connectivity index (χ3n) is 3.06. The number of nitrogens with two attached hydrogens (primary N) is 1. The molecule has 19 heavy (non-hydrogen) atoms. The van der Waals surface area contributed by atoms with Gasteiger partial charge >= 0.3 is 0 Å². The van der Waals surface area contributed by atoms with E-state index in [1.807, 2.05) is 24.4 Å². The van der Waals surface area contributed by atoms with Crippen molar-refractivity contribution in [1.29, 1.82) is 0 Å². The van der Waals surface area contributed by atoms with E-state index in [4.69, 9.17) is 5.73 Å². The molecular formula is C15H18BrN3. The zero-order chi connectivity index (χ0) is 13.7. The molecule has 0 aliphatic carbocycles. The van der Waals surface area contributed by atoms with Gasteiger partial charge in [0.1, 0.15) is 0 Å². The second-order valence-electron chi connectivity index (χ2n) is 4.31. The topological polar surface area (TPSA) is 42.2 Å². The predicted molar refractivity (Wildman–Crippen MR) is 83.0 cm³/mol. The molecular weight excluding hydrogens is 302 g/mol. The van der Waals surface area contributed by atoms with Crippen LogP contribution in [0.25, 0.3) is 0 Å². The van der Waals surface area contributed by atoms with E-state index in [1.54, 1.807) is 0 Å². The second kappa shape index (κ2) is 6.68. The highest BCUT2D eigenvalue weighted by Gasteiger charge is 2.10. The molecule has 3 nitrogen and oxygen atoms in total. The van der Waals surface area contributed by atoms with Crippen molar-refractivity contribution < 1.29 is 0 Å². The minimum atomic E-state index is 0.535. The Morgan fingerprint density at radius 2 is 2.11 bits per heavy atom. The van der Waals surface area contributed by atoms with E-state index in [1.165, 1.54) is 5.69 Å². The van der Waals surface area contributed by atoms with E-state index >= 15 is 0 Å². The minimum absolute atomic E-state index is 0.535. The largest absolute Gasteiger partial charge is 0.366 e. The maximum absolute atomic E-state index is 5.84. The van der Waals surface area contributed by atoms with E-state index in [-0.39, 0.29) is 0 Å². The van der Waals surface area contributed by atoms with Gasteiger partial charge in [-0.05, 0) is 42.8 Å². The average molecular weight is 320 g/mol. The van der Waals surface area contributed by atoms with Crippen LogP contribution < -0.4 is 10.6 Å². The molecule has 0 aliphatic rings. The standard InChI is InChI=1S/C15H18BrN3/c1-2-19(11-14-5-3-4-8-18-14)15-7-6-13(16)9-12(15)10-17/h3-9H,2,10-11,17H2,1H3. The van der Waals surface area contributed by atoms with E-state index in [0.29, 0.717) is 6.54 Å². The Morgan fingerprint density at radius 3 is 2.74 bits per heavy atom. The van der Waals surface area contributed by atoms with Crippen molar-refractivity contribution in [3.8, 4) is 0 Å². The number of halogens is 1. The Bertz CT molecular complexity index is 528. The first-order valence-corrected chi connectivity index (χ1v) is 7.17. The van der Waals surface area contributed by atoms with Crippen LogP contribution in [-0.2, 0) is 13.1 Å². The van der Waals surface area contributed by atoms with E-state index in [9.17, 15) is 0 Å². The molecule has 0 aliphatic heterocycles. The van der Waals surface area contributed by atoms with Crippen LogP contribution in [0, 0.1) is 0 Å². The Hall–Kier alpha value is -1.39. The van der Waals surface area contributed by atoms with Gasteiger partial charge in [0.15, 0.2) is 0 Å². The van der Waals surface area contributed by atoms with Gasteiger partial charge in [0, 0.05) is 29.4 Å². The quantitative estimate of drug-likeness (QED) is 0.919.